The Morgan fingerprint density at radius 2 is 2.33 bits per heavy atom. The first-order chi connectivity index (χ1) is 11.6. The Balaban J connectivity index is 1.59. The average Bonchev–Trinajstić information content (AvgIpc) is 3.19. The minimum absolute atomic E-state index is 0.309. The van der Waals surface area contributed by atoms with Crippen LogP contribution >= 0.6 is 0 Å². The van der Waals surface area contributed by atoms with Crippen LogP contribution in [0, 0.1) is 0 Å². The smallest absolute Gasteiger partial charge is 0.0932 e. The van der Waals surface area contributed by atoms with Gasteiger partial charge in [0, 0.05) is 42.8 Å². The number of nitrogens with one attached hydrogen (secondary N) is 1. The lowest BCUT2D eigenvalue weighted by Crippen LogP contribution is -2.53. The number of aliphatic hydroxyl groups is 1. The molecule has 0 saturated carbocycles. The summed E-state index contributed by atoms with van der Waals surface area (Å²) in [7, 11) is 0. The number of hydrogen-bond acceptors (Lipinski definition) is 3. The lowest BCUT2D eigenvalue weighted by molar-refractivity contribution is 0.0105. The molecule has 0 radical (unpaired) electrons. The van der Waals surface area contributed by atoms with Crippen LogP contribution in [0.2, 0.25) is 0 Å². The number of nitrogens with zero attached hydrogens (tertiary/aromatic N) is 1. The third-order valence-electron chi connectivity index (χ3n) is 5.76. The summed E-state index contributed by atoms with van der Waals surface area (Å²) in [6.07, 6.45) is 7.85. The van der Waals surface area contributed by atoms with Crippen LogP contribution in [0.5, 0.6) is 0 Å². The summed E-state index contributed by atoms with van der Waals surface area (Å²) >= 11 is 0. The number of aromatic nitrogens is 1. The molecule has 1 aliphatic carbocycles. The van der Waals surface area contributed by atoms with Crippen LogP contribution in [0.15, 0.2) is 30.5 Å². The second-order valence-corrected chi connectivity index (χ2v) is 7.78. The molecule has 1 fully saturated rings. The van der Waals surface area contributed by atoms with Crippen molar-refractivity contribution in [1.82, 2.24) is 9.88 Å². The fourth-order valence-corrected chi connectivity index (χ4v) is 4.80. The molecule has 4 heteroatoms. The number of hydrogen-bond donors (Lipinski definition) is 2. The predicted octanol–water partition coefficient (Wildman–Crippen LogP) is 2.72. The number of benzene rings is 1. The van der Waals surface area contributed by atoms with Crippen molar-refractivity contribution in [2.45, 2.75) is 43.9 Å². The molecule has 0 amide bonds. The molecule has 5 rings (SSSR count). The molecule has 3 heterocycles. The van der Waals surface area contributed by atoms with Gasteiger partial charge in [0.1, 0.15) is 0 Å². The highest BCUT2D eigenvalue weighted by atomic mass is 16.5. The third kappa shape index (κ3) is 2.25. The molecule has 2 N–H and O–H groups in total. The molecule has 2 aliphatic heterocycles. The van der Waals surface area contributed by atoms with Crippen LogP contribution in [0.1, 0.15) is 30.9 Å². The molecule has 24 heavy (non-hydrogen) atoms. The second-order valence-electron chi connectivity index (χ2n) is 7.78. The Labute approximate surface area is 142 Å². The summed E-state index contributed by atoms with van der Waals surface area (Å²) in [5.41, 5.74) is 4.35. The second kappa shape index (κ2) is 5.19. The molecule has 1 aromatic carbocycles. The third-order valence-corrected chi connectivity index (χ3v) is 5.76. The van der Waals surface area contributed by atoms with E-state index in [1.165, 1.54) is 27.6 Å². The lowest BCUT2D eigenvalue weighted by Gasteiger charge is -2.44. The molecule has 0 spiro atoms. The van der Waals surface area contributed by atoms with Gasteiger partial charge in [-0.2, -0.15) is 0 Å². The normalized spacial score (nSPS) is 32.8. The Bertz CT molecular complexity index is 814. The minimum Gasteiger partial charge on any atom is -0.385 e. The van der Waals surface area contributed by atoms with E-state index in [1.807, 2.05) is 6.92 Å². The monoisotopic (exact) mass is 324 g/mol. The van der Waals surface area contributed by atoms with Crippen LogP contribution in [-0.2, 0) is 11.2 Å². The van der Waals surface area contributed by atoms with Crippen molar-refractivity contribution in [2.24, 2.45) is 0 Å². The van der Waals surface area contributed by atoms with Crippen LogP contribution in [0.25, 0.3) is 16.5 Å². The first kappa shape index (κ1) is 14.7. The zero-order chi connectivity index (χ0) is 16.3. The number of β-amino-alcohol motifs (C(OH)–C–C–N with tert-alkyl or cyclic N) is 1. The highest BCUT2D eigenvalue weighted by Gasteiger charge is 2.40. The maximum Gasteiger partial charge on any atom is 0.0932 e. The molecule has 4 nitrogen and oxygen atoms in total. The van der Waals surface area contributed by atoms with Crippen molar-refractivity contribution >= 4 is 16.5 Å². The number of aromatic amines is 1. The van der Waals surface area contributed by atoms with Crippen molar-refractivity contribution in [2.75, 3.05) is 19.7 Å². The quantitative estimate of drug-likeness (QED) is 0.893. The SMILES string of the molecule is C[C@]1(O)C=C2c3cccc4[nH]cc(c34)C[C@H]2N(CC2CCCO2)C1. The molecular weight excluding hydrogens is 300 g/mol. The molecule has 3 aliphatic rings. The highest BCUT2D eigenvalue weighted by Crippen LogP contribution is 2.42. The Morgan fingerprint density at radius 1 is 1.42 bits per heavy atom. The van der Waals surface area contributed by atoms with Gasteiger partial charge in [0.05, 0.1) is 11.7 Å². The molecule has 1 unspecified atom stereocenters. The van der Waals surface area contributed by atoms with Gasteiger partial charge in [-0.15, -0.1) is 0 Å². The summed E-state index contributed by atoms with van der Waals surface area (Å²) in [6.45, 7) is 4.39. The van der Waals surface area contributed by atoms with Crippen molar-refractivity contribution in [3.8, 4) is 0 Å². The van der Waals surface area contributed by atoms with Crippen molar-refractivity contribution in [3.05, 3.63) is 41.6 Å². The van der Waals surface area contributed by atoms with Gasteiger partial charge in [-0.25, -0.2) is 0 Å². The fraction of sp³-hybridized carbons (Fsp3) is 0.500. The zero-order valence-corrected chi connectivity index (χ0v) is 14.1. The molecule has 1 saturated heterocycles. The van der Waals surface area contributed by atoms with Gasteiger partial charge in [-0.1, -0.05) is 12.1 Å². The van der Waals surface area contributed by atoms with Gasteiger partial charge >= 0.3 is 0 Å². The van der Waals surface area contributed by atoms with Crippen LogP contribution in [-0.4, -0.2) is 52.4 Å². The van der Waals surface area contributed by atoms with Gasteiger partial charge in [0.2, 0.25) is 0 Å². The van der Waals surface area contributed by atoms with Crippen LogP contribution < -0.4 is 0 Å². The summed E-state index contributed by atoms with van der Waals surface area (Å²) in [6, 6.07) is 6.77. The largest absolute Gasteiger partial charge is 0.385 e. The molecule has 0 bridgehead atoms. The van der Waals surface area contributed by atoms with E-state index in [9.17, 15) is 5.11 Å². The van der Waals surface area contributed by atoms with Gasteiger partial charge in [-0.3, -0.25) is 4.90 Å². The highest BCUT2D eigenvalue weighted by molar-refractivity contribution is 5.98. The average molecular weight is 324 g/mol. The van der Waals surface area contributed by atoms with Gasteiger partial charge in [0.25, 0.3) is 0 Å². The van der Waals surface area contributed by atoms with Gasteiger partial charge in [-0.05, 0) is 55.0 Å². The Morgan fingerprint density at radius 3 is 3.17 bits per heavy atom. The number of ether oxygens (including phenoxy) is 1. The Hall–Kier alpha value is -1.62. The summed E-state index contributed by atoms with van der Waals surface area (Å²) in [5, 5.41) is 12.2. The van der Waals surface area contributed by atoms with Crippen LogP contribution in [0.4, 0.5) is 0 Å². The van der Waals surface area contributed by atoms with Crippen molar-refractivity contribution in [1.29, 1.82) is 0 Å². The molecule has 2 aromatic rings. The Kier molecular flexibility index (Phi) is 3.18. The lowest BCUT2D eigenvalue weighted by atomic mass is 9.78. The maximum absolute atomic E-state index is 10.8. The van der Waals surface area contributed by atoms with Crippen LogP contribution in [0.3, 0.4) is 0 Å². The minimum atomic E-state index is -0.791. The molecule has 1 aromatic heterocycles. The zero-order valence-electron chi connectivity index (χ0n) is 14.1. The molecule has 3 atom stereocenters. The van der Waals surface area contributed by atoms with E-state index in [0.717, 1.165) is 32.4 Å². The van der Waals surface area contributed by atoms with E-state index < -0.39 is 5.60 Å². The standard InChI is InChI=1S/C20H24N2O2/c1-20(23)9-16-15-5-2-6-17-19(15)13(10-21-17)8-18(16)22(12-20)11-14-4-3-7-24-14/h2,5-6,9-10,14,18,21,23H,3-4,7-8,11-12H2,1H3/t14?,18-,20+/m1/s1. The number of fused-ring (bicyclic) bond motifs is 2. The van der Waals surface area contributed by atoms with E-state index in [-0.39, 0.29) is 0 Å². The molecule has 126 valence electrons. The van der Waals surface area contributed by atoms with Crippen molar-refractivity contribution < 1.29 is 9.84 Å². The first-order valence-corrected chi connectivity index (χ1v) is 9.01. The summed E-state index contributed by atoms with van der Waals surface area (Å²) < 4.78 is 5.87. The van der Waals surface area contributed by atoms with Gasteiger partial charge < -0.3 is 14.8 Å². The predicted molar refractivity (Wildman–Crippen MR) is 94.9 cm³/mol. The number of rotatable bonds is 2. The van der Waals surface area contributed by atoms with E-state index in [2.05, 4.69) is 40.4 Å². The first-order valence-electron chi connectivity index (χ1n) is 9.01. The van der Waals surface area contributed by atoms with Gasteiger partial charge in [0.15, 0.2) is 0 Å². The summed E-state index contributed by atoms with van der Waals surface area (Å²) in [5.74, 6) is 0. The van der Waals surface area contributed by atoms with E-state index in [0.29, 0.717) is 18.7 Å². The van der Waals surface area contributed by atoms with E-state index >= 15 is 0 Å². The topological polar surface area (TPSA) is 48.5 Å². The van der Waals surface area contributed by atoms with E-state index in [1.54, 1.807) is 0 Å². The molecular formula is C20H24N2O2. The number of H-pyrrole nitrogens is 1. The van der Waals surface area contributed by atoms with E-state index in [4.69, 9.17) is 4.74 Å². The van der Waals surface area contributed by atoms with Crippen molar-refractivity contribution in [3.63, 3.8) is 0 Å². The maximum atomic E-state index is 10.8. The fourth-order valence-electron chi connectivity index (χ4n) is 4.80. The summed E-state index contributed by atoms with van der Waals surface area (Å²) in [4.78, 5) is 5.85.